The summed E-state index contributed by atoms with van der Waals surface area (Å²) in [6.45, 7) is 3.74. The summed E-state index contributed by atoms with van der Waals surface area (Å²) < 4.78 is 0. The van der Waals surface area contributed by atoms with E-state index in [0.717, 1.165) is 37.1 Å². The van der Waals surface area contributed by atoms with Crippen LogP contribution in [0.3, 0.4) is 0 Å². The summed E-state index contributed by atoms with van der Waals surface area (Å²) in [6, 6.07) is 7.34. The summed E-state index contributed by atoms with van der Waals surface area (Å²) in [4.78, 5) is 25.6. The molecule has 1 aliphatic heterocycles. The lowest BCUT2D eigenvalue weighted by atomic mass is 10.2. The quantitative estimate of drug-likeness (QED) is 0.619. The van der Waals surface area contributed by atoms with Crippen molar-refractivity contribution in [2.24, 2.45) is 0 Å². The van der Waals surface area contributed by atoms with Crippen LogP contribution in [0.2, 0.25) is 0 Å². The fourth-order valence-corrected chi connectivity index (χ4v) is 3.03. The number of aldehydes is 1. The Morgan fingerprint density at radius 1 is 1.28 bits per heavy atom. The molecular formula is C14H17NO2S. The van der Waals surface area contributed by atoms with Gasteiger partial charge in [0.15, 0.2) is 0 Å². The molecule has 0 aliphatic carbocycles. The van der Waals surface area contributed by atoms with E-state index in [9.17, 15) is 9.59 Å². The molecule has 0 aromatic heterocycles. The van der Waals surface area contributed by atoms with E-state index in [-0.39, 0.29) is 11.2 Å². The zero-order chi connectivity index (χ0) is 13.0. The van der Waals surface area contributed by atoms with Crippen molar-refractivity contribution in [2.75, 3.05) is 13.1 Å². The lowest BCUT2D eigenvalue weighted by Gasteiger charge is -2.19. The summed E-state index contributed by atoms with van der Waals surface area (Å²) in [7, 11) is 0. The molecule has 0 saturated carbocycles. The molecule has 1 amide bonds. The highest BCUT2D eigenvalue weighted by Crippen LogP contribution is 2.25. The zero-order valence-corrected chi connectivity index (χ0v) is 11.3. The molecule has 1 fully saturated rings. The standard InChI is InChI=1S/C14H17NO2S/c1-11(14(17)15-8-2-3-9-15)18-13-6-4-12(10-16)5-7-13/h4-7,10-11H,2-3,8-9H2,1H3. The van der Waals surface area contributed by atoms with Crippen LogP contribution < -0.4 is 0 Å². The second-order valence-electron chi connectivity index (χ2n) is 4.48. The Hall–Kier alpha value is -1.29. The molecule has 1 unspecified atom stereocenters. The zero-order valence-electron chi connectivity index (χ0n) is 10.5. The van der Waals surface area contributed by atoms with E-state index in [0.29, 0.717) is 5.56 Å². The van der Waals surface area contributed by atoms with E-state index in [1.54, 1.807) is 23.9 Å². The van der Waals surface area contributed by atoms with Gasteiger partial charge in [0, 0.05) is 23.5 Å². The number of amides is 1. The summed E-state index contributed by atoms with van der Waals surface area (Å²) in [5.74, 6) is 0.219. The SMILES string of the molecule is CC(Sc1ccc(C=O)cc1)C(=O)N1CCCC1. The molecule has 0 N–H and O–H groups in total. The van der Waals surface area contributed by atoms with Crippen molar-refractivity contribution in [2.45, 2.75) is 29.9 Å². The molecule has 1 aromatic rings. The molecule has 1 saturated heterocycles. The number of hydrogen-bond donors (Lipinski definition) is 0. The Bertz CT molecular complexity index is 424. The van der Waals surface area contributed by atoms with Gasteiger partial charge < -0.3 is 4.90 Å². The van der Waals surface area contributed by atoms with Gasteiger partial charge in [0.2, 0.25) is 5.91 Å². The Kier molecular flexibility index (Phi) is 4.42. The summed E-state index contributed by atoms with van der Waals surface area (Å²) in [5, 5.41) is -0.0646. The first kappa shape index (κ1) is 13.1. The normalized spacial score (nSPS) is 16.6. The largest absolute Gasteiger partial charge is 0.342 e. The molecule has 1 aromatic carbocycles. The van der Waals surface area contributed by atoms with Gasteiger partial charge in [0.1, 0.15) is 6.29 Å². The van der Waals surface area contributed by atoms with Gasteiger partial charge in [0.05, 0.1) is 5.25 Å². The minimum absolute atomic E-state index is 0.0646. The van der Waals surface area contributed by atoms with E-state index in [4.69, 9.17) is 0 Å². The van der Waals surface area contributed by atoms with Crippen molar-refractivity contribution in [1.29, 1.82) is 0 Å². The van der Waals surface area contributed by atoms with Gasteiger partial charge in [-0.3, -0.25) is 9.59 Å². The second-order valence-corrected chi connectivity index (χ2v) is 5.89. The molecule has 4 heteroatoms. The number of carbonyl (C=O) groups is 2. The van der Waals surface area contributed by atoms with Gasteiger partial charge >= 0.3 is 0 Å². The Balaban J connectivity index is 1.94. The molecule has 0 spiro atoms. The van der Waals surface area contributed by atoms with E-state index >= 15 is 0 Å². The van der Waals surface area contributed by atoms with E-state index < -0.39 is 0 Å². The molecule has 96 valence electrons. The number of carbonyl (C=O) groups excluding carboxylic acids is 2. The van der Waals surface area contributed by atoms with Gasteiger partial charge in [-0.2, -0.15) is 0 Å². The van der Waals surface area contributed by atoms with Crippen LogP contribution >= 0.6 is 11.8 Å². The second kappa shape index (κ2) is 6.05. The topological polar surface area (TPSA) is 37.4 Å². The van der Waals surface area contributed by atoms with Crippen LogP contribution in [0.4, 0.5) is 0 Å². The highest BCUT2D eigenvalue weighted by Gasteiger charge is 2.23. The Labute approximate surface area is 112 Å². The molecule has 1 atom stereocenters. The fourth-order valence-electron chi connectivity index (χ4n) is 2.07. The monoisotopic (exact) mass is 263 g/mol. The number of benzene rings is 1. The predicted molar refractivity (Wildman–Crippen MR) is 73.0 cm³/mol. The van der Waals surface area contributed by atoms with E-state index in [2.05, 4.69) is 0 Å². The lowest BCUT2D eigenvalue weighted by Crippen LogP contribution is -2.33. The third-order valence-electron chi connectivity index (χ3n) is 3.09. The van der Waals surface area contributed by atoms with Gasteiger partial charge in [-0.25, -0.2) is 0 Å². The molecule has 1 aliphatic rings. The smallest absolute Gasteiger partial charge is 0.235 e. The summed E-state index contributed by atoms with van der Waals surface area (Å²) >= 11 is 1.55. The van der Waals surface area contributed by atoms with Crippen molar-refractivity contribution in [3.63, 3.8) is 0 Å². The van der Waals surface area contributed by atoms with Crippen LogP contribution in [0.1, 0.15) is 30.1 Å². The van der Waals surface area contributed by atoms with Gasteiger partial charge in [-0.1, -0.05) is 12.1 Å². The molecule has 18 heavy (non-hydrogen) atoms. The molecule has 0 radical (unpaired) electrons. The minimum atomic E-state index is -0.0646. The van der Waals surface area contributed by atoms with Crippen LogP contribution in [0.5, 0.6) is 0 Å². The average molecular weight is 263 g/mol. The van der Waals surface area contributed by atoms with Crippen molar-refractivity contribution < 1.29 is 9.59 Å². The Morgan fingerprint density at radius 3 is 2.44 bits per heavy atom. The van der Waals surface area contributed by atoms with E-state index in [1.165, 1.54) is 0 Å². The number of hydrogen-bond acceptors (Lipinski definition) is 3. The van der Waals surface area contributed by atoms with Crippen LogP contribution in [0.25, 0.3) is 0 Å². The predicted octanol–water partition coefficient (Wildman–Crippen LogP) is 2.60. The maximum Gasteiger partial charge on any atom is 0.235 e. The van der Waals surface area contributed by atoms with Gasteiger partial charge in [-0.05, 0) is 31.9 Å². The molecule has 3 nitrogen and oxygen atoms in total. The summed E-state index contributed by atoms with van der Waals surface area (Å²) in [6.07, 6.45) is 3.07. The Morgan fingerprint density at radius 2 is 1.89 bits per heavy atom. The lowest BCUT2D eigenvalue weighted by molar-refractivity contribution is -0.129. The third-order valence-corrected chi connectivity index (χ3v) is 4.19. The van der Waals surface area contributed by atoms with Crippen molar-refractivity contribution in [3.8, 4) is 0 Å². The first-order valence-corrected chi connectivity index (χ1v) is 7.09. The van der Waals surface area contributed by atoms with Gasteiger partial charge in [0.25, 0.3) is 0 Å². The fraction of sp³-hybridized carbons (Fsp3) is 0.429. The highest BCUT2D eigenvalue weighted by molar-refractivity contribution is 8.00. The van der Waals surface area contributed by atoms with Crippen molar-refractivity contribution >= 4 is 24.0 Å². The van der Waals surface area contributed by atoms with Crippen molar-refractivity contribution in [3.05, 3.63) is 29.8 Å². The van der Waals surface area contributed by atoms with Crippen LogP contribution in [0, 0.1) is 0 Å². The molecule has 1 heterocycles. The molecule has 2 rings (SSSR count). The number of thioether (sulfide) groups is 1. The van der Waals surface area contributed by atoms with Crippen LogP contribution in [0.15, 0.2) is 29.2 Å². The van der Waals surface area contributed by atoms with Crippen molar-refractivity contribution in [1.82, 2.24) is 4.90 Å². The molecular weight excluding hydrogens is 246 g/mol. The van der Waals surface area contributed by atoms with Gasteiger partial charge in [-0.15, -0.1) is 11.8 Å². The van der Waals surface area contributed by atoms with Crippen LogP contribution in [-0.4, -0.2) is 35.4 Å². The van der Waals surface area contributed by atoms with E-state index in [1.807, 2.05) is 24.0 Å². The number of rotatable bonds is 4. The maximum absolute atomic E-state index is 12.1. The first-order valence-electron chi connectivity index (χ1n) is 6.21. The first-order chi connectivity index (χ1) is 8.70. The number of nitrogens with zero attached hydrogens (tertiary/aromatic N) is 1. The minimum Gasteiger partial charge on any atom is -0.342 e. The summed E-state index contributed by atoms with van der Waals surface area (Å²) in [5.41, 5.74) is 0.665. The molecule has 0 bridgehead atoms. The van der Waals surface area contributed by atoms with Crippen LogP contribution in [-0.2, 0) is 4.79 Å². The highest BCUT2D eigenvalue weighted by atomic mass is 32.2. The number of likely N-dealkylation sites (tertiary alicyclic amines) is 1. The third kappa shape index (κ3) is 3.13. The average Bonchev–Trinajstić information content (AvgIpc) is 2.92. The maximum atomic E-state index is 12.1.